The maximum absolute atomic E-state index is 14.2. The van der Waals surface area contributed by atoms with E-state index in [1.54, 1.807) is 13.8 Å². The molecule has 0 radical (unpaired) electrons. The van der Waals surface area contributed by atoms with Gasteiger partial charge in [0.2, 0.25) is 0 Å². The Hall–Kier alpha value is -3.29. The molecule has 0 saturated carbocycles. The second-order valence-electron chi connectivity index (χ2n) is 5.76. The minimum Gasteiger partial charge on any atom is -0.493 e. The molecule has 0 atom stereocenters. The van der Waals surface area contributed by atoms with E-state index in [-0.39, 0.29) is 22.7 Å². The molecule has 8 heteroatoms. The Labute approximate surface area is 155 Å². The van der Waals surface area contributed by atoms with Crippen molar-refractivity contribution >= 4 is 17.6 Å². The van der Waals surface area contributed by atoms with E-state index in [1.165, 1.54) is 32.4 Å². The van der Waals surface area contributed by atoms with Gasteiger partial charge in [0.15, 0.2) is 23.9 Å². The number of amides is 1. The Morgan fingerprint density at radius 2 is 1.59 bits per heavy atom. The number of carbonyl (C=O) groups excluding carboxylic acids is 1. The Morgan fingerprint density at radius 1 is 1.04 bits per heavy atom. The highest BCUT2D eigenvalue weighted by Crippen LogP contribution is 2.33. The van der Waals surface area contributed by atoms with Gasteiger partial charge in [0.25, 0.3) is 5.91 Å². The van der Waals surface area contributed by atoms with Crippen molar-refractivity contribution in [1.82, 2.24) is 0 Å². The number of hydrogen-bond donors (Lipinski definition) is 2. The molecule has 144 valence electrons. The van der Waals surface area contributed by atoms with Crippen molar-refractivity contribution in [2.75, 3.05) is 26.1 Å². The van der Waals surface area contributed by atoms with Gasteiger partial charge >= 0.3 is 5.97 Å². The van der Waals surface area contributed by atoms with Gasteiger partial charge in [-0.1, -0.05) is 0 Å². The van der Waals surface area contributed by atoms with Crippen LogP contribution >= 0.6 is 0 Å². The molecule has 2 aromatic carbocycles. The van der Waals surface area contributed by atoms with Crippen molar-refractivity contribution in [3.63, 3.8) is 0 Å². The van der Waals surface area contributed by atoms with Crippen molar-refractivity contribution in [1.29, 1.82) is 0 Å². The monoisotopic (exact) mass is 377 g/mol. The number of halogens is 1. The predicted molar refractivity (Wildman–Crippen MR) is 96.5 cm³/mol. The summed E-state index contributed by atoms with van der Waals surface area (Å²) in [6.07, 6.45) is 0. The molecule has 0 aliphatic rings. The van der Waals surface area contributed by atoms with Crippen molar-refractivity contribution in [2.45, 2.75) is 13.8 Å². The summed E-state index contributed by atoms with van der Waals surface area (Å²) in [6.45, 7) is 2.90. The summed E-state index contributed by atoms with van der Waals surface area (Å²) in [7, 11) is 2.79. The molecule has 0 aliphatic heterocycles. The highest BCUT2D eigenvalue weighted by Gasteiger charge is 2.16. The van der Waals surface area contributed by atoms with Crippen LogP contribution in [0.5, 0.6) is 17.2 Å². The van der Waals surface area contributed by atoms with Crippen molar-refractivity contribution in [2.24, 2.45) is 0 Å². The number of methoxy groups -OCH3 is 2. The zero-order chi connectivity index (χ0) is 20.1. The van der Waals surface area contributed by atoms with Crippen LogP contribution in [0.3, 0.4) is 0 Å². The summed E-state index contributed by atoms with van der Waals surface area (Å²) in [5, 5.41) is 11.2. The highest BCUT2D eigenvalue weighted by molar-refractivity contribution is 6.05. The van der Waals surface area contributed by atoms with Crippen LogP contribution in [0.4, 0.5) is 10.1 Å². The summed E-state index contributed by atoms with van der Waals surface area (Å²) in [4.78, 5) is 23.2. The van der Waals surface area contributed by atoms with Crippen LogP contribution in [-0.2, 0) is 4.79 Å². The third-order valence-corrected chi connectivity index (χ3v) is 3.78. The molecule has 0 heterocycles. The van der Waals surface area contributed by atoms with Gasteiger partial charge in [-0.3, -0.25) is 4.79 Å². The molecule has 2 rings (SSSR count). The second kappa shape index (κ2) is 8.39. The van der Waals surface area contributed by atoms with Crippen LogP contribution < -0.4 is 19.5 Å². The number of rotatable bonds is 7. The molecule has 27 heavy (non-hydrogen) atoms. The summed E-state index contributed by atoms with van der Waals surface area (Å²) < 4.78 is 29.6. The number of carboxylic acid groups (broad SMARTS) is 1. The maximum Gasteiger partial charge on any atom is 0.341 e. The van der Waals surface area contributed by atoms with Gasteiger partial charge in [0.1, 0.15) is 5.75 Å². The molecule has 1 amide bonds. The Bertz CT molecular complexity index is 858. The quantitative estimate of drug-likeness (QED) is 0.770. The molecule has 0 bridgehead atoms. The van der Waals surface area contributed by atoms with Crippen LogP contribution in [0.1, 0.15) is 21.5 Å². The van der Waals surface area contributed by atoms with Crippen LogP contribution in [0.2, 0.25) is 0 Å². The third-order valence-electron chi connectivity index (χ3n) is 3.78. The predicted octanol–water partition coefficient (Wildman–Crippen LogP) is 3.18. The van der Waals surface area contributed by atoms with E-state index in [9.17, 15) is 14.0 Å². The zero-order valence-corrected chi connectivity index (χ0v) is 15.4. The first kappa shape index (κ1) is 20.0. The summed E-state index contributed by atoms with van der Waals surface area (Å²) >= 11 is 0. The molecule has 0 saturated heterocycles. The number of benzene rings is 2. The largest absolute Gasteiger partial charge is 0.493 e. The molecule has 2 N–H and O–H groups in total. The Morgan fingerprint density at radius 3 is 2.11 bits per heavy atom. The lowest BCUT2D eigenvalue weighted by Crippen LogP contribution is -2.15. The minimum atomic E-state index is -1.10. The maximum atomic E-state index is 14.2. The number of carboxylic acids is 1. The first-order valence-corrected chi connectivity index (χ1v) is 7.95. The van der Waals surface area contributed by atoms with Crippen LogP contribution in [-0.4, -0.2) is 37.8 Å². The van der Waals surface area contributed by atoms with Crippen LogP contribution in [0, 0.1) is 19.7 Å². The zero-order valence-electron chi connectivity index (χ0n) is 15.4. The highest BCUT2D eigenvalue weighted by atomic mass is 19.1. The van der Waals surface area contributed by atoms with Crippen LogP contribution in [0.25, 0.3) is 0 Å². The second-order valence-corrected chi connectivity index (χ2v) is 5.76. The molecule has 0 aromatic heterocycles. The van der Waals surface area contributed by atoms with E-state index in [1.807, 2.05) is 0 Å². The van der Waals surface area contributed by atoms with Crippen molar-refractivity contribution in [3.05, 3.63) is 46.8 Å². The Kier molecular flexibility index (Phi) is 6.23. The molecule has 0 fully saturated rings. The first-order valence-electron chi connectivity index (χ1n) is 7.95. The Balaban J connectivity index is 2.27. The summed E-state index contributed by atoms with van der Waals surface area (Å²) in [5.41, 5.74) is 1.41. The van der Waals surface area contributed by atoms with E-state index in [0.29, 0.717) is 16.9 Å². The lowest BCUT2D eigenvalue weighted by Gasteiger charge is -2.14. The van der Waals surface area contributed by atoms with E-state index in [4.69, 9.17) is 19.3 Å². The standard InChI is InChI=1S/C19H20FNO6/c1-10-5-12(6-11(2)18(10)27-9-17(22)23)19(24)21-14-8-16(26-4)15(25-3)7-13(14)20/h5-8H,9H2,1-4H3,(H,21,24)(H,22,23). The SMILES string of the molecule is COc1cc(F)c(NC(=O)c2cc(C)c(OCC(=O)O)c(C)c2)cc1OC. The fourth-order valence-corrected chi connectivity index (χ4v) is 2.59. The number of aliphatic carboxylic acids is 1. The van der Waals surface area contributed by atoms with E-state index in [0.717, 1.165) is 6.07 Å². The molecule has 0 aliphatic carbocycles. The topological polar surface area (TPSA) is 94.1 Å². The fourth-order valence-electron chi connectivity index (χ4n) is 2.59. The van der Waals surface area contributed by atoms with Gasteiger partial charge in [-0.2, -0.15) is 0 Å². The van der Waals surface area contributed by atoms with Gasteiger partial charge in [0.05, 0.1) is 19.9 Å². The van der Waals surface area contributed by atoms with Gasteiger partial charge < -0.3 is 24.6 Å². The minimum absolute atomic E-state index is 0.0563. The third kappa shape index (κ3) is 4.66. The molecule has 0 spiro atoms. The fraction of sp³-hybridized carbons (Fsp3) is 0.263. The van der Waals surface area contributed by atoms with Gasteiger partial charge in [-0.05, 0) is 37.1 Å². The number of carbonyl (C=O) groups is 2. The smallest absolute Gasteiger partial charge is 0.341 e. The van der Waals surface area contributed by atoms with Gasteiger partial charge in [-0.15, -0.1) is 0 Å². The normalized spacial score (nSPS) is 10.3. The van der Waals surface area contributed by atoms with Gasteiger partial charge in [0, 0.05) is 17.7 Å². The lowest BCUT2D eigenvalue weighted by atomic mass is 10.0. The summed E-state index contributed by atoms with van der Waals surface area (Å²) in [5.74, 6) is -1.42. The van der Waals surface area contributed by atoms with E-state index >= 15 is 0 Å². The van der Waals surface area contributed by atoms with Crippen molar-refractivity contribution in [3.8, 4) is 17.2 Å². The molecular formula is C19H20FNO6. The van der Waals surface area contributed by atoms with Crippen molar-refractivity contribution < 1.29 is 33.3 Å². The van der Waals surface area contributed by atoms with Gasteiger partial charge in [-0.25, -0.2) is 9.18 Å². The summed E-state index contributed by atoms with van der Waals surface area (Å²) in [6, 6.07) is 5.53. The molecule has 7 nitrogen and oxygen atoms in total. The molecule has 0 unspecified atom stereocenters. The van der Waals surface area contributed by atoms with Crippen LogP contribution in [0.15, 0.2) is 24.3 Å². The number of nitrogens with one attached hydrogen (secondary N) is 1. The van der Waals surface area contributed by atoms with E-state index in [2.05, 4.69) is 5.32 Å². The first-order chi connectivity index (χ1) is 12.8. The average Bonchev–Trinajstić information content (AvgIpc) is 2.61. The number of aryl methyl sites for hydroxylation is 2. The number of hydrogen-bond acceptors (Lipinski definition) is 5. The average molecular weight is 377 g/mol. The molecule has 2 aromatic rings. The molecular weight excluding hydrogens is 357 g/mol. The number of ether oxygens (including phenoxy) is 3. The lowest BCUT2D eigenvalue weighted by molar-refractivity contribution is -0.139. The van der Waals surface area contributed by atoms with E-state index < -0.39 is 24.3 Å². The number of anilines is 1.